The van der Waals surface area contributed by atoms with E-state index in [0.717, 1.165) is 31.0 Å². The average molecular weight is 316 g/mol. The van der Waals surface area contributed by atoms with E-state index in [1.54, 1.807) is 19.0 Å². The Balaban J connectivity index is 2.62. The second kappa shape index (κ2) is 10.4. The van der Waals surface area contributed by atoms with E-state index < -0.39 is 0 Å². The summed E-state index contributed by atoms with van der Waals surface area (Å²) in [6.45, 7) is 6.32. The van der Waals surface area contributed by atoms with E-state index >= 15 is 0 Å². The molecule has 1 rings (SSSR count). The molecular formula is C18H28N4O. The molecule has 5 nitrogen and oxygen atoms in total. The van der Waals surface area contributed by atoms with Crippen LogP contribution < -0.4 is 10.6 Å². The molecule has 126 valence electrons. The molecular weight excluding hydrogens is 288 g/mol. The number of hydrogen-bond acceptors (Lipinski definition) is 2. The van der Waals surface area contributed by atoms with Gasteiger partial charge < -0.3 is 15.5 Å². The van der Waals surface area contributed by atoms with E-state index in [1.807, 2.05) is 44.2 Å². The molecule has 1 aromatic carbocycles. The summed E-state index contributed by atoms with van der Waals surface area (Å²) in [6, 6.07) is 7.59. The maximum Gasteiger partial charge on any atom is 0.253 e. The molecule has 0 saturated carbocycles. The largest absolute Gasteiger partial charge is 0.357 e. The Bertz CT molecular complexity index is 532. The minimum Gasteiger partial charge on any atom is -0.357 e. The van der Waals surface area contributed by atoms with Gasteiger partial charge >= 0.3 is 0 Å². The SMILES string of the molecule is CC=CCCNC(=NCc1ccc(C(=O)N(C)C)cc1)NCC. The number of nitrogens with zero attached hydrogens (tertiary/aromatic N) is 2. The quantitative estimate of drug-likeness (QED) is 0.351. The topological polar surface area (TPSA) is 56.7 Å². The van der Waals surface area contributed by atoms with E-state index in [0.29, 0.717) is 12.1 Å². The van der Waals surface area contributed by atoms with Gasteiger partial charge in [0.2, 0.25) is 0 Å². The summed E-state index contributed by atoms with van der Waals surface area (Å²) in [5, 5.41) is 6.53. The van der Waals surface area contributed by atoms with Gasteiger partial charge in [0.1, 0.15) is 0 Å². The first-order valence-corrected chi connectivity index (χ1v) is 8.02. The zero-order chi connectivity index (χ0) is 17.1. The number of rotatable bonds is 7. The molecule has 0 spiro atoms. The van der Waals surface area contributed by atoms with Crippen molar-refractivity contribution in [2.45, 2.75) is 26.8 Å². The summed E-state index contributed by atoms with van der Waals surface area (Å²) in [5.41, 5.74) is 1.77. The van der Waals surface area contributed by atoms with Gasteiger partial charge in [-0.05, 0) is 38.0 Å². The van der Waals surface area contributed by atoms with E-state index in [-0.39, 0.29) is 5.91 Å². The molecule has 1 aromatic rings. The average Bonchev–Trinajstić information content (AvgIpc) is 2.56. The van der Waals surface area contributed by atoms with Crippen LogP contribution in [0.15, 0.2) is 41.4 Å². The Morgan fingerprint density at radius 3 is 2.48 bits per heavy atom. The number of amides is 1. The highest BCUT2D eigenvalue weighted by atomic mass is 16.2. The van der Waals surface area contributed by atoms with Crippen LogP contribution in [0.1, 0.15) is 36.2 Å². The maximum absolute atomic E-state index is 11.9. The fourth-order valence-electron chi connectivity index (χ4n) is 1.96. The number of hydrogen-bond donors (Lipinski definition) is 2. The molecule has 0 unspecified atom stereocenters. The van der Waals surface area contributed by atoms with Crippen molar-refractivity contribution in [3.05, 3.63) is 47.5 Å². The minimum absolute atomic E-state index is 0.0130. The number of allylic oxidation sites excluding steroid dienone is 1. The molecule has 0 aliphatic rings. The van der Waals surface area contributed by atoms with Crippen molar-refractivity contribution < 1.29 is 4.79 Å². The van der Waals surface area contributed by atoms with Crippen LogP contribution >= 0.6 is 0 Å². The van der Waals surface area contributed by atoms with Crippen molar-refractivity contribution in [3.63, 3.8) is 0 Å². The number of nitrogens with one attached hydrogen (secondary N) is 2. The summed E-state index contributed by atoms with van der Waals surface area (Å²) in [6.07, 6.45) is 5.14. The molecule has 0 fully saturated rings. The summed E-state index contributed by atoms with van der Waals surface area (Å²) in [7, 11) is 3.51. The third kappa shape index (κ3) is 7.00. The van der Waals surface area contributed by atoms with E-state index in [4.69, 9.17) is 0 Å². The predicted molar refractivity (Wildman–Crippen MR) is 96.7 cm³/mol. The lowest BCUT2D eigenvalue weighted by Gasteiger charge is -2.11. The first-order chi connectivity index (χ1) is 11.1. The van der Waals surface area contributed by atoms with Crippen LogP contribution in [-0.2, 0) is 6.54 Å². The van der Waals surface area contributed by atoms with Crippen LogP contribution in [-0.4, -0.2) is 44.0 Å². The molecule has 0 heterocycles. The normalized spacial score (nSPS) is 11.6. The van der Waals surface area contributed by atoms with E-state index in [9.17, 15) is 4.79 Å². The first kappa shape index (κ1) is 18.7. The van der Waals surface area contributed by atoms with Crippen LogP contribution in [0.4, 0.5) is 0 Å². The van der Waals surface area contributed by atoms with Gasteiger partial charge in [-0.15, -0.1) is 0 Å². The van der Waals surface area contributed by atoms with Gasteiger partial charge in [-0.3, -0.25) is 4.79 Å². The zero-order valence-corrected chi connectivity index (χ0v) is 14.6. The molecule has 2 N–H and O–H groups in total. The van der Waals surface area contributed by atoms with Crippen LogP contribution in [0, 0.1) is 0 Å². The fraction of sp³-hybridized carbons (Fsp3) is 0.444. The van der Waals surface area contributed by atoms with E-state index in [2.05, 4.69) is 21.7 Å². The minimum atomic E-state index is 0.0130. The Morgan fingerprint density at radius 1 is 1.22 bits per heavy atom. The third-order valence-electron chi connectivity index (χ3n) is 3.21. The third-order valence-corrected chi connectivity index (χ3v) is 3.21. The van der Waals surface area contributed by atoms with E-state index in [1.165, 1.54) is 0 Å². The van der Waals surface area contributed by atoms with Gasteiger partial charge in [0, 0.05) is 32.7 Å². The monoisotopic (exact) mass is 316 g/mol. The molecule has 5 heteroatoms. The number of benzene rings is 1. The van der Waals surface area contributed by atoms with Crippen LogP contribution in [0.5, 0.6) is 0 Å². The van der Waals surface area contributed by atoms with Crippen molar-refractivity contribution in [1.82, 2.24) is 15.5 Å². The zero-order valence-electron chi connectivity index (χ0n) is 14.6. The Kier molecular flexibility index (Phi) is 8.50. The Labute approximate surface area is 139 Å². The number of aliphatic imine (C=N–C) groups is 1. The molecule has 0 radical (unpaired) electrons. The number of carbonyl (C=O) groups excluding carboxylic acids is 1. The smallest absolute Gasteiger partial charge is 0.253 e. The van der Waals surface area contributed by atoms with Gasteiger partial charge in [0.15, 0.2) is 5.96 Å². The predicted octanol–water partition coefficient (Wildman–Crippen LogP) is 2.41. The van der Waals surface area contributed by atoms with Crippen LogP contribution in [0.2, 0.25) is 0 Å². The summed E-state index contributed by atoms with van der Waals surface area (Å²) >= 11 is 0. The Morgan fingerprint density at radius 2 is 1.91 bits per heavy atom. The standard InChI is InChI=1S/C18H28N4O/c1-5-7-8-13-20-18(19-6-2)21-14-15-9-11-16(12-10-15)17(23)22(3)4/h5,7,9-12H,6,8,13-14H2,1-4H3,(H2,19,20,21). The molecule has 0 aliphatic heterocycles. The van der Waals surface area contributed by atoms with Crippen molar-refractivity contribution in [1.29, 1.82) is 0 Å². The van der Waals surface area contributed by atoms with Crippen molar-refractivity contribution >= 4 is 11.9 Å². The highest BCUT2D eigenvalue weighted by Crippen LogP contribution is 2.07. The second-order valence-corrected chi connectivity index (χ2v) is 5.38. The molecule has 0 bridgehead atoms. The summed E-state index contributed by atoms with van der Waals surface area (Å²) in [4.78, 5) is 18.0. The molecule has 0 aliphatic carbocycles. The number of carbonyl (C=O) groups is 1. The van der Waals surface area contributed by atoms with Gasteiger partial charge in [-0.2, -0.15) is 0 Å². The summed E-state index contributed by atoms with van der Waals surface area (Å²) in [5.74, 6) is 0.824. The highest BCUT2D eigenvalue weighted by molar-refractivity contribution is 5.93. The van der Waals surface area contributed by atoms with Crippen molar-refractivity contribution in [3.8, 4) is 0 Å². The molecule has 1 amide bonds. The van der Waals surface area contributed by atoms with Gasteiger partial charge in [0.25, 0.3) is 5.91 Å². The lowest BCUT2D eigenvalue weighted by Crippen LogP contribution is -2.37. The van der Waals surface area contributed by atoms with Crippen molar-refractivity contribution in [2.75, 3.05) is 27.2 Å². The molecule has 0 aromatic heterocycles. The van der Waals surface area contributed by atoms with Crippen molar-refractivity contribution in [2.24, 2.45) is 4.99 Å². The second-order valence-electron chi connectivity index (χ2n) is 5.38. The first-order valence-electron chi connectivity index (χ1n) is 8.02. The van der Waals surface area contributed by atoms with Gasteiger partial charge in [-0.1, -0.05) is 24.3 Å². The van der Waals surface area contributed by atoms with Crippen LogP contribution in [0.25, 0.3) is 0 Å². The highest BCUT2D eigenvalue weighted by Gasteiger charge is 2.06. The molecule has 23 heavy (non-hydrogen) atoms. The van der Waals surface area contributed by atoms with Crippen LogP contribution in [0.3, 0.4) is 0 Å². The lowest BCUT2D eigenvalue weighted by atomic mass is 10.1. The summed E-state index contributed by atoms with van der Waals surface area (Å²) < 4.78 is 0. The van der Waals surface area contributed by atoms with Gasteiger partial charge in [-0.25, -0.2) is 4.99 Å². The number of guanidine groups is 1. The van der Waals surface area contributed by atoms with Gasteiger partial charge in [0.05, 0.1) is 6.54 Å². The molecule has 0 atom stereocenters. The molecule has 0 saturated heterocycles. The fourth-order valence-corrected chi connectivity index (χ4v) is 1.96. The lowest BCUT2D eigenvalue weighted by molar-refractivity contribution is 0.0827. The maximum atomic E-state index is 11.9. The Hall–Kier alpha value is -2.30.